The van der Waals surface area contributed by atoms with Gasteiger partial charge in [-0.2, -0.15) is 8.42 Å². The zero-order valence-corrected chi connectivity index (χ0v) is 13.5. The van der Waals surface area contributed by atoms with Crippen molar-refractivity contribution in [2.75, 3.05) is 0 Å². The van der Waals surface area contributed by atoms with Gasteiger partial charge in [0.1, 0.15) is 0 Å². The topological polar surface area (TPSA) is 43.4 Å². The molecule has 0 spiro atoms. The van der Waals surface area contributed by atoms with E-state index in [0.29, 0.717) is 17.2 Å². The van der Waals surface area contributed by atoms with Crippen molar-refractivity contribution in [1.82, 2.24) is 0 Å². The number of allylic oxidation sites excluding steroid dienone is 4. The predicted molar refractivity (Wildman–Crippen MR) is 79.2 cm³/mol. The van der Waals surface area contributed by atoms with Gasteiger partial charge in [-0.25, -0.2) is 0 Å². The van der Waals surface area contributed by atoms with Crippen molar-refractivity contribution in [2.24, 2.45) is 11.8 Å². The summed E-state index contributed by atoms with van der Waals surface area (Å²) in [4.78, 5) is 0.410. The Labute approximate surface area is 117 Å². The molecule has 0 saturated heterocycles. The second-order valence-corrected chi connectivity index (χ2v) is 7.73. The maximum absolute atomic E-state index is 12.3. The van der Waals surface area contributed by atoms with E-state index in [1.807, 2.05) is 26.8 Å². The van der Waals surface area contributed by atoms with Crippen LogP contribution in [0.2, 0.25) is 0 Å². The zero-order valence-electron chi connectivity index (χ0n) is 12.6. The molecule has 1 atom stereocenters. The molecule has 110 valence electrons. The maximum Gasteiger partial charge on any atom is 0.293 e. The van der Waals surface area contributed by atoms with Crippen molar-refractivity contribution in [1.29, 1.82) is 0 Å². The number of hydrogen-bond acceptors (Lipinski definition) is 3. The fourth-order valence-electron chi connectivity index (χ4n) is 2.04. The molecule has 0 bridgehead atoms. The monoisotopic (exact) mass is 286 g/mol. The van der Waals surface area contributed by atoms with E-state index in [2.05, 4.69) is 13.8 Å². The molecular formula is C15H26O3S. The maximum atomic E-state index is 12.3. The van der Waals surface area contributed by atoms with Crippen LogP contribution in [0.4, 0.5) is 0 Å². The van der Waals surface area contributed by atoms with E-state index >= 15 is 0 Å². The van der Waals surface area contributed by atoms with Crippen LogP contribution < -0.4 is 0 Å². The summed E-state index contributed by atoms with van der Waals surface area (Å²) < 4.78 is 30.0. The van der Waals surface area contributed by atoms with Crippen LogP contribution in [0.15, 0.2) is 22.6 Å². The first kappa shape index (κ1) is 16.4. The lowest BCUT2D eigenvalue weighted by Crippen LogP contribution is -2.26. The second-order valence-electron chi connectivity index (χ2n) is 6.11. The Morgan fingerprint density at radius 3 is 2.21 bits per heavy atom. The van der Waals surface area contributed by atoms with Crippen LogP contribution in [0.5, 0.6) is 0 Å². The molecule has 0 aromatic heterocycles. The Bertz CT molecular complexity index is 456. The molecule has 0 amide bonds. The van der Waals surface area contributed by atoms with E-state index in [4.69, 9.17) is 4.18 Å². The standard InChI is InChI=1S/C15H26O3S/c1-11(2)10-15(12(3)4)18-19(16,17)14-8-6-13(5)7-9-14/h6,8,11-12,15H,7,9-10H2,1-5H3. The first-order valence-electron chi connectivity index (χ1n) is 7.02. The summed E-state index contributed by atoms with van der Waals surface area (Å²) >= 11 is 0. The van der Waals surface area contributed by atoms with Gasteiger partial charge in [0.25, 0.3) is 10.1 Å². The Morgan fingerprint density at radius 1 is 1.16 bits per heavy atom. The van der Waals surface area contributed by atoms with Gasteiger partial charge in [0, 0.05) is 0 Å². The van der Waals surface area contributed by atoms with Gasteiger partial charge >= 0.3 is 0 Å². The van der Waals surface area contributed by atoms with Gasteiger partial charge in [-0.15, -0.1) is 0 Å². The minimum Gasteiger partial charge on any atom is -0.263 e. The molecule has 0 fully saturated rings. The highest BCUT2D eigenvalue weighted by molar-refractivity contribution is 7.90. The molecule has 0 aromatic carbocycles. The van der Waals surface area contributed by atoms with Gasteiger partial charge < -0.3 is 0 Å². The van der Waals surface area contributed by atoms with Gasteiger partial charge in [0.2, 0.25) is 0 Å². The minimum absolute atomic E-state index is 0.193. The summed E-state index contributed by atoms with van der Waals surface area (Å²) in [5, 5.41) is 0. The molecule has 3 nitrogen and oxygen atoms in total. The zero-order chi connectivity index (χ0) is 14.6. The average Bonchev–Trinajstić information content (AvgIpc) is 2.27. The third-order valence-corrected chi connectivity index (χ3v) is 4.82. The summed E-state index contributed by atoms with van der Waals surface area (Å²) in [6.45, 7) is 10.2. The van der Waals surface area contributed by atoms with Crippen LogP contribution >= 0.6 is 0 Å². The minimum atomic E-state index is -3.58. The van der Waals surface area contributed by atoms with Gasteiger partial charge in [-0.05, 0) is 44.1 Å². The lowest BCUT2D eigenvalue weighted by molar-refractivity contribution is 0.136. The molecule has 1 aliphatic carbocycles. The molecule has 1 rings (SSSR count). The first-order valence-corrected chi connectivity index (χ1v) is 8.43. The van der Waals surface area contributed by atoms with Crippen LogP contribution in [0.1, 0.15) is 53.9 Å². The lowest BCUT2D eigenvalue weighted by atomic mass is 9.98. The molecule has 0 heterocycles. The summed E-state index contributed by atoms with van der Waals surface area (Å²) in [6.07, 6.45) is 5.42. The highest BCUT2D eigenvalue weighted by Gasteiger charge is 2.27. The summed E-state index contributed by atoms with van der Waals surface area (Å²) in [5.41, 5.74) is 1.21. The van der Waals surface area contributed by atoms with Gasteiger partial charge in [-0.1, -0.05) is 39.3 Å². The van der Waals surface area contributed by atoms with E-state index < -0.39 is 10.1 Å². The fourth-order valence-corrected chi connectivity index (χ4v) is 3.38. The third kappa shape index (κ3) is 5.11. The summed E-state index contributed by atoms with van der Waals surface area (Å²) in [6, 6.07) is 0. The average molecular weight is 286 g/mol. The molecule has 0 N–H and O–H groups in total. The van der Waals surface area contributed by atoms with Crippen molar-refractivity contribution < 1.29 is 12.6 Å². The van der Waals surface area contributed by atoms with Crippen molar-refractivity contribution >= 4 is 10.1 Å². The highest BCUT2D eigenvalue weighted by Crippen LogP contribution is 2.27. The van der Waals surface area contributed by atoms with E-state index in [1.54, 1.807) is 6.08 Å². The Kier molecular flexibility index (Phi) is 5.81. The Balaban J connectivity index is 2.83. The van der Waals surface area contributed by atoms with Crippen LogP contribution in [-0.4, -0.2) is 14.5 Å². The second kappa shape index (κ2) is 6.71. The van der Waals surface area contributed by atoms with Crippen molar-refractivity contribution in [3.8, 4) is 0 Å². The van der Waals surface area contributed by atoms with Gasteiger partial charge in [-0.3, -0.25) is 4.18 Å². The highest BCUT2D eigenvalue weighted by atomic mass is 32.2. The van der Waals surface area contributed by atoms with Crippen LogP contribution in [-0.2, 0) is 14.3 Å². The number of hydrogen-bond donors (Lipinski definition) is 0. The molecule has 0 radical (unpaired) electrons. The Hall–Kier alpha value is -0.610. The molecular weight excluding hydrogens is 260 g/mol. The molecule has 0 aliphatic heterocycles. The van der Waals surface area contributed by atoms with E-state index in [9.17, 15) is 8.42 Å². The quantitative estimate of drug-likeness (QED) is 0.692. The SMILES string of the molecule is CC1=CC=C(S(=O)(=O)OC(CC(C)C)C(C)C)CC1. The summed E-state index contributed by atoms with van der Waals surface area (Å²) in [5.74, 6) is 0.615. The molecule has 0 aromatic rings. The smallest absolute Gasteiger partial charge is 0.263 e. The molecule has 1 aliphatic rings. The molecule has 19 heavy (non-hydrogen) atoms. The van der Waals surface area contributed by atoms with E-state index in [0.717, 1.165) is 12.8 Å². The normalized spacial score (nSPS) is 18.5. The van der Waals surface area contributed by atoms with Crippen molar-refractivity contribution in [3.05, 3.63) is 22.6 Å². The molecule has 1 unspecified atom stereocenters. The molecule has 0 saturated carbocycles. The predicted octanol–water partition coefficient (Wildman–Crippen LogP) is 4.03. The fraction of sp³-hybridized carbons (Fsp3) is 0.733. The lowest BCUT2D eigenvalue weighted by Gasteiger charge is -2.24. The van der Waals surface area contributed by atoms with Gasteiger partial charge in [0.05, 0.1) is 11.0 Å². The number of rotatable bonds is 6. The Morgan fingerprint density at radius 2 is 1.79 bits per heavy atom. The van der Waals surface area contributed by atoms with Crippen LogP contribution in [0.3, 0.4) is 0 Å². The van der Waals surface area contributed by atoms with Crippen LogP contribution in [0.25, 0.3) is 0 Å². The first-order chi connectivity index (χ1) is 8.72. The van der Waals surface area contributed by atoms with Crippen molar-refractivity contribution in [2.45, 2.75) is 60.0 Å². The largest absolute Gasteiger partial charge is 0.293 e. The van der Waals surface area contributed by atoms with Gasteiger partial charge in [0.15, 0.2) is 0 Å². The van der Waals surface area contributed by atoms with Crippen LogP contribution in [0, 0.1) is 11.8 Å². The van der Waals surface area contributed by atoms with E-state index in [1.165, 1.54) is 5.57 Å². The van der Waals surface area contributed by atoms with Crippen molar-refractivity contribution in [3.63, 3.8) is 0 Å². The summed E-state index contributed by atoms with van der Waals surface area (Å²) in [7, 11) is -3.58. The molecule has 4 heteroatoms. The van der Waals surface area contributed by atoms with E-state index in [-0.39, 0.29) is 12.0 Å². The third-order valence-electron chi connectivity index (χ3n) is 3.34.